The molecule has 0 aromatic rings. The Hall–Kier alpha value is -1.18. The average Bonchev–Trinajstić information content (AvgIpc) is 2.18. The van der Waals surface area contributed by atoms with Crippen LogP contribution in [0.15, 0.2) is 36.8 Å². The van der Waals surface area contributed by atoms with Gasteiger partial charge in [0.1, 0.15) is 0 Å². The molecule has 0 spiro atoms. The summed E-state index contributed by atoms with van der Waals surface area (Å²) in [6, 6.07) is 0. The van der Waals surface area contributed by atoms with Crippen molar-refractivity contribution in [2.75, 3.05) is 13.2 Å². The molecule has 1 heterocycles. The van der Waals surface area contributed by atoms with Gasteiger partial charge in [-0.3, -0.25) is 0 Å². The molecule has 0 N–H and O–H groups in total. The van der Waals surface area contributed by atoms with E-state index in [0.29, 0.717) is 24.7 Å². The molecule has 1 saturated heterocycles. The number of rotatable bonds is 1. The quantitative estimate of drug-likeness (QED) is 0.572. The van der Waals surface area contributed by atoms with Gasteiger partial charge in [0, 0.05) is 6.42 Å². The molecule has 2 nitrogen and oxygen atoms in total. The second-order valence-electron chi connectivity index (χ2n) is 2.24. The van der Waals surface area contributed by atoms with Crippen LogP contribution >= 0.6 is 0 Å². The van der Waals surface area contributed by atoms with Crippen LogP contribution in [0.4, 0.5) is 0 Å². The van der Waals surface area contributed by atoms with Crippen molar-refractivity contribution in [3.05, 3.63) is 36.8 Å². The van der Waals surface area contributed by atoms with Crippen molar-refractivity contribution in [2.45, 2.75) is 6.42 Å². The van der Waals surface area contributed by atoms with Gasteiger partial charge in [0.15, 0.2) is 11.5 Å². The highest BCUT2D eigenvalue weighted by Crippen LogP contribution is 2.15. The molecule has 0 aromatic carbocycles. The Morgan fingerprint density at radius 2 is 2.00 bits per heavy atom. The van der Waals surface area contributed by atoms with Gasteiger partial charge < -0.3 is 9.47 Å². The molecule has 0 radical (unpaired) electrons. The van der Waals surface area contributed by atoms with Crippen molar-refractivity contribution in [1.29, 1.82) is 0 Å². The highest BCUT2D eigenvalue weighted by Gasteiger charge is 2.08. The second-order valence-corrected chi connectivity index (χ2v) is 2.24. The first kappa shape index (κ1) is 7.92. The van der Waals surface area contributed by atoms with Gasteiger partial charge in [-0.05, 0) is 6.08 Å². The fraction of sp³-hybridized carbons (Fsp3) is 0.333. The van der Waals surface area contributed by atoms with Crippen LogP contribution in [0.2, 0.25) is 0 Å². The van der Waals surface area contributed by atoms with E-state index in [1.807, 2.05) is 0 Å². The molecule has 0 atom stereocenters. The van der Waals surface area contributed by atoms with Crippen molar-refractivity contribution in [3.63, 3.8) is 0 Å². The first-order chi connectivity index (χ1) is 5.34. The Balaban J connectivity index is 2.66. The van der Waals surface area contributed by atoms with Gasteiger partial charge in [-0.15, -0.1) is 0 Å². The molecular weight excluding hydrogens is 140 g/mol. The van der Waals surface area contributed by atoms with Crippen LogP contribution in [0.5, 0.6) is 0 Å². The Labute approximate surface area is 66.8 Å². The van der Waals surface area contributed by atoms with E-state index >= 15 is 0 Å². The molecule has 1 aliphatic heterocycles. The summed E-state index contributed by atoms with van der Waals surface area (Å²) in [5.74, 6) is 1.29. The smallest absolute Gasteiger partial charge is 0.160 e. The van der Waals surface area contributed by atoms with Crippen molar-refractivity contribution >= 4 is 0 Å². The van der Waals surface area contributed by atoms with Gasteiger partial charge in [-0.1, -0.05) is 19.2 Å². The Morgan fingerprint density at radius 3 is 2.73 bits per heavy atom. The summed E-state index contributed by atoms with van der Waals surface area (Å²) in [5, 5.41) is 0. The van der Waals surface area contributed by atoms with Crippen LogP contribution in [0.1, 0.15) is 6.42 Å². The average molecular weight is 152 g/mol. The lowest BCUT2D eigenvalue weighted by Crippen LogP contribution is -1.92. The van der Waals surface area contributed by atoms with Crippen LogP contribution < -0.4 is 0 Å². The lowest BCUT2D eigenvalue weighted by Gasteiger charge is -2.05. The summed E-state index contributed by atoms with van der Waals surface area (Å²) in [7, 11) is 0. The molecule has 0 saturated carbocycles. The lowest BCUT2D eigenvalue weighted by atomic mass is 10.4. The van der Waals surface area contributed by atoms with Crippen molar-refractivity contribution < 1.29 is 9.47 Å². The maximum atomic E-state index is 5.32. The normalized spacial score (nSPS) is 21.8. The fourth-order valence-corrected chi connectivity index (χ4v) is 0.836. The van der Waals surface area contributed by atoms with E-state index in [1.54, 1.807) is 12.2 Å². The Morgan fingerprint density at radius 1 is 1.27 bits per heavy atom. The van der Waals surface area contributed by atoms with Gasteiger partial charge >= 0.3 is 0 Å². The summed E-state index contributed by atoms with van der Waals surface area (Å²) in [6.07, 6.45) is 4.33. The lowest BCUT2D eigenvalue weighted by molar-refractivity contribution is 0.221. The first-order valence-electron chi connectivity index (χ1n) is 3.62. The van der Waals surface area contributed by atoms with Crippen molar-refractivity contribution in [3.8, 4) is 0 Å². The highest BCUT2D eigenvalue weighted by molar-refractivity contribution is 5.21. The standard InChI is InChI=1S/C9H12O2/c1-3-5-9-8(2)10-6-4-7-11-9/h3,5H,1-2,4,6-7H2/b9-5+. The molecule has 0 unspecified atom stereocenters. The summed E-state index contributed by atoms with van der Waals surface area (Å²) in [5.41, 5.74) is 0. The number of ether oxygens (including phenoxy) is 2. The van der Waals surface area contributed by atoms with Gasteiger partial charge in [0.25, 0.3) is 0 Å². The first-order valence-corrected chi connectivity index (χ1v) is 3.62. The van der Waals surface area contributed by atoms with Crippen LogP contribution in [0.3, 0.4) is 0 Å². The van der Waals surface area contributed by atoms with Crippen LogP contribution in [-0.2, 0) is 9.47 Å². The van der Waals surface area contributed by atoms with Crippen LogP contribution in [0, 0.1) is 0 Å². The summed E-state index contributed by atoms with van der Waals surface area (Å²) < 4.78 is 10.6. The van der Waals surface area contributed by atoms with E-state index in [9.17, 15) is 0 Å². The molecule has 0 aromatic heterocycles. The predicted molar refractivity (Wildman–Crippen MR) is 43.9 cm³/mol. The minimum Gasteiger partial charge on any atom is -0.490 e. The van der Waals surface area contributed by atoms with E-state index in [0.717, 1.165) is 6.42 Å². The molecule has 1 rings (SSSR count). The zero-order valence-electron chi connectivity index (χ0n) is 6.51. The highest BCUT2D eigenvalue weighted by atomic mass is 16.5. The summed E-state index contributed by atoms with van der Waals surface area (Å²) >= 11 is 0. The van der Waals surface area contributed by atoms with E-state index in [2.05, 4.69) is 13.2 Å². The van der Waals surface area contributed by atoms with Crippen molar-refractivity contribution in [2.24, 2.45) is 0 Å². The summed E-state index contributed by atoms with van der Waals surface area (Å²) in [6.45, 7) is 8.66. The van der Waals surface area contributed by atoms with E-state index in [4.69, 9.17) is 9.47 Å². The third kappa shape index (κ3) is 2.15. The molecule has 60 valence electrons. The second kappa shape index (κ2) is 3.86. The maximum absolute atomic E-state index is 5.32. The minimum atomic E-state index is 0.599. The van der Waals surface area contributed by atoms with Gasteiger partial charge in [-0.25, -0.2) is 0 Å². The van der Waals surface area contributed by atoms with E-state index in [1.165, 1.54) is 0 Å². The molecular formula is C9H12O2. The largest absolute Gasteiger partial charge is 0.490 e. The van der Waals surface area contributed by atoms with Crippen LogP contribution in [-0.4, -0.2) is 13.2 Å². The van der Waals surface area contributed by atoms with Crippen LogP contribution in [0.25, 0.3) is 0 Å². The minimum absolute atomic E-state index is 0.599. The number of hydrogen-bond acceptors (Lipinski definition) is 2. The molecule has 0 amide bonds. The third-order valence-corrected chi connectivity index (χ3v) is 1.37. The van der Waals surface area contributed by atoms with Gasteiger partial charge in [0.2, 0.25) is 0 Å². The zero-order valence-corrected chi connectivity index (χ0v) is 6.51. The molecule has 0 bridgehead atoms. The van der Waals surface area contributed by atoms with Gasteiger partial charge in [-0.2, -0.15) is 0 Å². The topological polar surface area (TPSA) is 18.5 Å². The SMILES string of the molecule is C=C/C=C1/OCCCOC1=C. The molecule has 1 fully saturated rings. The third-order valence-electron chi connectivity index (χ3n) is 1.37. The number of allylic oxidation sites excluding steroid dienone is 2. The molecule has 11 heavy (non-hydrogen) atoms. The summed E-state index contributed by atoms with van der Waals surface area (Å²) in [4.78, 5) is 0. The monoisotopic (exact) mass is 152 g/mol. The van der Waals surface area contributed by atoms with E-state index < -0.39 is 0 Å². The number of hydrogen-bond donors (Lipinski definition) is 0. The Kier molecular flexibility index (Phi) is 2.78. The molecule has 1 aliphatic rings. The molecule has 2 heteroatoms. The fourth-order valence-electron chi connectivity index (χ4n) is 0.836. The van der Waals surface area contributed by atoms with Crippen molar-refractivity contribution in [1.82, 2.24) is 0 Å². The van der Waals surface area contributed by atoms with E-state index in [-0.39, 0.29) is 0 Å². The maximum Gasteiger partial charge on any atom is 0.160 e. The van der Waals surface area contributed by atoms with Gasteiger partial charge in [0.05, 0.1) is 13.2 Å². The predicted octanol–water partition coefficient (Wildman–Crippen LogP) is 2.01. The molecule has 0 aliphatic carbocycles. The zero-order chi connectivity index (χ0) is 8.10. The Bertz CT molecular complexity index is 192.